The molecular weight excluding hydrogens is 238 g/mol. The molecule has 102 valence electrons. The van der Waals surface area contributed by atoms with Crippen LogP contribution in [-0.2, 0) is 0 Å². The number of piperazine rings is 1. The van der Waals surface area contributed by atoms with E-state index in [1.807, 2.05) is 12.1 Å². The fourth-order valence-electron chi connectivity index (χ4n) is 2.55. The van der Waals surface area contributed by atoms with Crippen LogP contribution in [0.2, 0.25) is 0 Å². The third-order valence-electron chi connectivity index (χ3n) is 3.44. The molecule has 1 aromatic carbocycles. The second kappa shape index (κ2) is 5.94. The summed E-state index contributed by atoms with van der Waals surface area (Å²) in [5.41, 5.74) is 1.34. The van der Waals surface area contributed by atoms with Crippen LogP contribution in [-0.4, -0.2) is 42.7 Å². The number of nitrogens with zero attached hydrogens (tertiary/aromatic N) is 3. The Hall–Kier alpha value is -1.73. The van der Waals surface area contributed by atoms with E-state index >= 15 is 0 Å². The van der Waals surface area contributed by atoms with E-state index < -0.39 is 0 Å². The van der Waals surface area contributed by atoms with E-state index in [0.29, 0.717) is 11.5 Å². The first-order valence-corrected chi connectivity index (χ1v) is 6.80. The average molecular weight is 259 g/mol. The maximum Gasteiger partial charge on any atom is 0.140 e. The van der Waals surface area contributed by atoms with Gasteiger partial charge in [-0.2, -0.15) is 5.26 Å². The number of hydrogen-bond donors (Lipinski definition) is 1. The average Bonchev–Trinajstić information content (AvgIpc) is 2.39. The minimum absolute atomic E-state index is 0.205. The second-order valence-corrected chi connectivity index (χ2v) is 5.50. The number of rotatable bonds is 3. The highest BCUT2D eigenvalue weighted by molar-refractivity contribution is 5.60. The molecule has 19 heavy (non-hydrogen) atoms. The Balaban J connectivity index is 2.00. The Labute approximate surface area is 114 Å². The van der Waals surface area contributed by atoms with Crippen LogP contribution in [0.1, 0.15) is 19.4 Å². The molecule has 1 aliphatic rings. The van der Waals surface area contributed by atoms with Gasteiger partial charge in [-0.15, -0.1) is 0 Å². The lowest BCUT2D eigenvalue weighted by Gasteiger charge is -2.37. The summed E-state index contributed by atoms with van der Waals surface area (Å²) in [5, 5.41) is 18.8. The second-order valence-electron chi connectivity index (χ2n) is 5.50. The summed E-state index contributed by atoms with van der Waals surface area (Å²) in [6.07, 6.45) is 0. The van der Waals surface area contributed by atoms with E-state index in [4.69, 9.17) is 5.26 Å². The van der Waals surface area contributed by atoms with E-state index in [0.717, 1.165) is 38.4 Å². The maximum atomic E-state index is 9.98. The van der Waals surface area contributed by atoms with E-state index in [9.17, 15) is 5.11 Å². The molecule has 1 aromatic rings. The molecule has 0 radical (unpaired) electrons. The van der Waals surface area contributed by atoms with Crippen LogP contribution in [0.15, 0.2) is 18.2 Å². The van der Waals surface area contributed by atoms with Crippen molar-refractivity contribution in [2.75, 3.05) is 37.6 Å². The summed E-state index contributed by atoms with van der Waals surface area (Å²) in [7, 11) is 0. The van der Waals surface area contributed by atoms with Crippen molar-refractivity contribution in [3.8, 4) is 11.8 Å². The summed E-state index contributed by atoms with van der Waals surface area (Å²) in [4.78, 5) is 4.65. The standard InChI is InChI=1S/C15H21N3O/c1-12(2)11-17-5-7-18(8-6-17)14-4-3-13(10-16)9-15(14)19/h3-4,9,12,19H,5-8,11H2,1-2H3. The smallest absolute Gasteiger partial charge is 0.140 e. The van der Waals surface area contributed by atoms with Gasteiger partial charge >= 0.3 is 0 Å². The third kappa shape index (κ3) is 3.39. The summed E-state index contributed by atoms with van der Waals surface area (Å²) >= 11 is 0. The lowest BCUT2D eigenvalue weighted by Crippen LogP contribution is -2.47. The molecule has 0 spiro atoms. The molecule has 1 heterocycles. The number of hydrogen-bond acceptors (Lipinski definition) is 4. The number of benzene rings is 1. The highest BCUT2D eigenvalue weighted by Gasteiger charge is 2.19. The van der Waals surface area contributed by atoms with Crippen LogP contribution in [0.3, 0.4) is 0 Å². The van der Waals surface area contributed by atoms with Crippen molar-refractivity contribution < 1.29 is 5.11 Å². The van der Waals surface area contributed by atoms with Gasteiger partial charge < -0.3 is 10.0 Å². The summed E-state index contributed by atoms with van der Waals surface area (Å²) in [6.45, 7) is 9.50. The number of phenols is 1. The van der Waals surface area contributed by atoms with Gasteiger partial charge in [-0.05, 0) is 24.1 Å². The van der Waals surface area contributed by atoms with Crippen LogP contribution in [0.5, 0.6) is 5.75 Å². The highest BCUT2D eigenvalue weighted by Crippen LogP contribution is 2.28. The fraction of sp³-hybridized carbons (Fsp3) is 0.533. The van der Waals surface area contributed by atoms with Gasteiger partial charge in [-0.3, -0.25) is 4.90 Å². The van der Waals surface area contributed by atoms with E-state index in [2.05, 4.69) is 23.6 Å². The molecule has 0 aromatic heterocycles. The highest BCUT2D eigenvalue weighted by atomic mass is 16.3. The molecule has 0 amide bonds. The molecule has 0 atom stereocenters. The predicted molar refractivity (Wildman–Crippen MR) is 76.3 cm³/mol. The first-order chi connectivity index (χ1) is 9.10. The van der Waals surface area contributed by atoms with Gasteiger partial charge in [0.15, 0.2) is 0 Å². The molecule has 0 saturated carbocycles. The number of aromatic hydroxyl groups is 1. The molecule has 1 fully saturated rings. The minimum Gasteiger partial charge on any atom is -0.506 e. The van der Waals surface area contributed by atoms with Gasteiger partial charge in [0.05, 0.1) is 17.3 Å². The van der Waals surface area contributed by atoms with Crippen molar-refractivity contribution in [3.05, 3.63) is 23.8 Å². The number of phenolic OH excluding ortho intramolecular Hbond substituents is 1. The Morgan fingerprint density at radius 1 is 1.26 bits per heavy atom. The van der Waals surface area contributed by atoms with E-state index in [1.54, 1.807) is 6.07 Å². The lowest BCUT2D eigenvalue weighted by molar-refractivity contribution is 0.231. The van der Waals surface area contributed by atoms with Gasteiger partial charge in [0.1, 0.15) is 5.75 Å². The molecule has 1 aliphatic heterocycles. The maximum absolute atomic E-state index is 9.98. The topological polar surface area (TPSA) is 50.5 Å². The summed E-state index contributed by atoms with van der Waals surface area (Å²) < 4.78 is 0. The quantitative estimate of drug-likeness (QED) is 0.902. The molecule has 0 unspecified atom stereocenters. The third-order valence-corrected chi connectivity index (χ3v) is 3.44. The monoisotopic (exact) mass is 259 g/mol. The molecule has 0 bridgehead atoms. The molecule has 2 rings (SSSR count). The Kier molecular flexibility index (Phi) is 4.28. The van der Waals surface area contributed by atoms with Gasteiger partial charge in [0, 0.05) is 32.7 Å². The number of nitriles is 1. The summed E-state index contributed by atoms with van der Waals surface area (Å²) in [5.74, 6) is 0.895. The van der Waals surface area contributed by atoms with Crippen LogP contribution in [0.25, 0.3) is 0 Å². The molecule has 1 saturated heterocycles. The normalized spacial score (nSPS) is 16.6. The van der Waals surface area contributed by atoms with E-state index in [1.165, 1.54) is 6.07 Å². The predicted octanol–water partition coefficient (Wildman–Crippen LogP) is 2.04. The molecular formula is C15H21N3O. The Morgan fingerprint density at radius 2 is 1.95 bits per heavy atom. The van der Waals surface area contributed by atoms with Crippen LogP contribution >= 0.6 is 0 Å². The van der Waals surface area contributed by atoms with Crippen molar-refractivity contribution in [2.45, 2.75) is 13.8 Å². The zero-order valence-electron chi connectivity index (χ0n) is 11.6. The summed E-state index contributed by atoms with van der Waals surface area (Å²) in [6, 6.07) is 7.18. The van der Waals surface area contributed by atoms with Gasteiger partial charge in [0.25, 0.3) is 0 Å². The zero-order valence-corrected chi connectivity index (χ0v) is 11.6. The molecule has 1 N–H and O–H groups in total. The van der Waals surface area contributed by atoms with Crippen LogP contribution in [0.4, 0.5) is 5.69 Å². The van der Waals surface area contributed by atoms with Gasteiger partial charge in [0.2, 0.25) is 0 Å². The van der Waals surface area contributed by atoms with Crippen molar-refractivity contribution in [1.82, 2.24) is 4.90 Å². The van der Waals surface area contributed by atoms with Crippen molar-refractivity contribution >= 4 is 5.69 Å². The molecule has 4 nitrogen and oxygen atoms in total. The zero-order chi connectivity index (χ0) is 13.8. The Bertz CT molecular complexity index is 471. The molecule has 0 aliphatic carbocycles. The van der Waals surface area contributed by atoms with E-state index in [-0.39, 0.29) is 5.75 Å². The van der Waals surface area contributed by atoms with Crippen molar-refractivity contribution in [1.29, 1.82) is 5.26 Å². The minimum atomic E-state index is 0.205. The van der Waals surface area contributed by atoms with Gasteiger partial charge in [-0.1, -0.05) is 13.8 Å². The lowest BCUT2D eigenvalue weighted by atomic mass is 10.1. The largest absolute Gasteiger partial charge is 0.506 e. The van der Waals surface area contributed by atoms with Crippen molar-refractivity contribution in [3.63, 3.8) is 0 Å². The Morgan fingerprint density at radius 3 is 2.47 bits per heavy atom. The number of anilines is 1. The van der Waals surface area contributed by atoms with Crippen LogP contribution < -0.4 is 4.90 Å². The van der Waals surface area contributed by atoms with Crippen molar-refractivity contribution in [2.24, 2.45) is 5.92 Å². The SMILES string of the molecule is CC(C)CN1CCN(c2ccc(C#N)cc2O)CC1. The fourth-order valence-corrected chi connectivity index (χ4v) is 2.55. The van der Waals surface area contributed by atoms with Gasteiger partial charge in [-0.25, -0.2) is 0 Å². The van der Waals surface area contributed by atoms with Crippen LogP contribution in [0, 0.1) is 17.2 Å². The first-order valence-electron chi connectivity index (χ1n) is 6.80. The molecule has 4 heteroatoms. The first kappa shape index (κ1) is 13.7.